The van der Waals surface area contributed by atoms with Gasteiger partial charge in [0.1, 0.15) is 5.00 Å². The number of thiophene rings is 1. The second-order valence-corrected chi connectivity index (χ2v) is 7.27. The van der Waals surface area contributed by atoms with Crippen molar-refractivity contribution in [3.8, 4) is 0 Å². The summed E-state index contributed by atoms with van der Waals surface area (Å²) in [5, 5.41) is 9.68. The first-order chi connectivity index (χ1) is 9.82. The summed E-state index contributed by atoms with van der Waals surface area (Å²) < 4.78 is 0. The van der Waals surface area contributed by atoms with Crippen LogP contribution >= 0.6 is 11.3 Å². The predicted octanol–water partition coefficient (Wildman–Crippen LogP) is 2.60. The standard InChI is InChI=1S/C15H17NO4S/c1-6-4-9-10(5-6)13(18)16(12(9)17)14-11(15(19)20)7(2)8(3)21-14/h6,9-10H,4-5H2,1-3H3,(H,19,20). The molecule has 0 radical (unpaired) electrons. The fourth-order valence-corrected chi connectivity index (χ4v) is 4.66. The highest BCUT2D eigenvalue weighted by Crippen LogP contribution is 2.47. The lowest BCUT2D eigenvalue weighted by molar-refractivity contribution is -0.122. The van der Waals surface area contributed by atoms with Crippen molar-refractivity contribution in [1.82, 2.24) is 0 Å². The number of hydrogen-bond acceptors (Lipinski definition) is 4. The Morgan fingerprint density at radius 3 is 2.19 bits per heavy atom. The number of anilines is 1. The molecule has 2 heterocycles. The van der Waals surface area contributed by atoms with Gasteiger partial charge >= 0.3 is 5.97 Å². The van der Waals surface area contributed by atoms with E-state index in [2.05, 4.69) is 0 Å². The molecule has 1 N–H and O–H groups in total. The first-order valence-electron chi connectivity index (χ1n) is 7.04. The summed E-state index contributed by atoms with van der Waals surface area (Å²) in [5.74, 6) is -1.69. The number of aryl methyl sites for hydroxylation is 1. The minimum atomic E-state index is -1.09. The van der Waals surface area contributed by atoms with E-state index in [1.165, 1.54) is 11.3 Å². The van der Waals surface area contributed by atoms with E-state index < -0.39 is 5.97 Å². The molecule has 112 valence electrons. The molecule has 2 aliphatic rings. The van der Waals surface area contributed by atoms with Crippen LogP contribution in [0.4, 0.5) is 5.00 Å². The summed E-state index contributed by atoms with van der Waals surface area (Å²) in [7, 11) is 0. The highest BCUT2D eigenvalue weighted by Gasteiger charge is 2.53. The zero-order valence-corrected chi connectivity index (χ0v) is 13.0. The minimum Gasteiger partial charge on any atom is -0.478 e. The number of aromatic carboxylic acids is 1. The third-order valence-electron chi connectivity index (χ3n) is 4.66. The van der Waals surface area contributed by atoms with Crippen LogP contribution in [0.15, 0.2) is 0 Å². The summed E-state index contributed by atoms with van der Waals surface area (Å²) in [4.78, 5) is 38.6. The number of imide groups is 1. The van der Waals surface area contributed by atoms with Crippen LogP contribution in [0.1, 0.15) is 40.6 Å². The second kappa shape index (κ2) is 4.66. The molecule has 1 aliphatic carbocycles. The summed E-state index contributed by atoms with van der Waals surface area (Å²) >= 11 is 1.22. The molecule has 2 unspecified atom stereocenters. The highest BCUT2D eigenvalue weighted by atomic mass is 32.1. The number of carboxylic acids is 1. The average molecular weight is 307 g/mol. The number of rotatable bonds is 2. The highest BCUT2D eigenvalue weighted by molar-refractivity contribution is 7.17. The van der Waals surface area contributed by atoms with E-state index in [4.69, 9.17) is 0 Å². The van der Waals surface area contributed by atoms with Crippen molar-refractivity contribution in [2.75, 3.05) is 4.90 Å². The van der Waals surface area contributed by atoms with E-state index in [1.807, 2.05) is 13.8 Å². The van der Waals surface area contributed by atoms with Gasteiger partial charge in [0.05, 0.1) is 17.4 Å². The van der Waals surface area contributed by atoms with Crippen molar-refractivity contribution in [2.45, 2.75) is 33.6 Å². The SMILES string of the molecule is Cc1sc(N2C(=O)C3CC(C)CC3C2=O)c(C(=O)O)c1C. The largest absolute Gasteiger partial charge is 0.478 e. The molecule has 1 aliphatic heterocycles. The molecule has 21 heavy (non-hydrogen) atoms. The van der Waals surface area contributed by atoms with Crippen molar-refractivity contribution < 1.29 is 19.5 Å². The molecule has 0 spiro atoms. The van der Waals surface area contributed by atoms with E-state index in [1.54, 1.807) is 6.92 Å². The Labute approximate surface area is 126 Å². The van der Waals surface area contributed by atoms with Crippen molar-refractivity contribution >= 4 is 34.1 Å². The molecule has 6 heteroatoms. The van der Waals surface area contributed by atoms with Crippen LogP contribution in [0, 0.1) is 31.6 Å². The quantitative estimate of drug-likeness (QED) is 0.852. The van der Waals surface area contributed by atoms with E-state index in [0.717, 1.165) is 22.6 Å². The molecule has 1 aromatic rings. The van der Waals surface area contributed by atoms with Crippen LogP contribution in [0.2, 0.25) is 0 Å². The van der Waals surface area contributed by atoms with Crippen LogP contribution in [-0.2, 0) is 9.59 Å². The first-order valence-corrected chi connectivity index (χ1v) is 7.85. The Morgan fingerprint density at radius 2 is 1.71 bits per heavy atom. The normalized spacial score (nSPS) is 28.3. The van der Waals surface area contributed by atoms with Crippen LogP contribution in [0.5, 0.6) is 0 Å². The van der Waals surface area contributed by atoms with E-state index >= 15 is 0 Å². The molecule has 1 aromatic heterocycles. The maximum absolute atomic E-state index is 12.6. The molecule has 0 bridgehead atoms. The number of fused-ring (bicyclic) bond motifs is 1. The topological polar surface area (TPSA) is 74.7 Å². The molecule has 1 saturated heterocycles. The van der Waals surface area contributed by atoms with E-state index in [9.17, 15) is 19.5 Å². The zero-order chi connectivity index (χ0) is 15.5. The van der Waals surface area contributed by atoms with Gasteiger partial charge in [0.2, 0.25) is 11.8 Å². The van der Waals surface area contributed by atoms with Crippen LogP contribution in [-0.4, -0.2) is 22.9 Å². The monoisotopic (exact) mass is 307 g/mol. The Balaban J connectivity index is 2.07. The lowest BCUT2D eigenvalue weighted by Crippen LogP contribution is -2.32. The van der Waals surface area contributed by atoms with Crippen LogP contribution < -0.4 is 4.90 Å². The van der Waals surface area contributed by atoms with Crippen molar-refractivity contribution in [2.24, 2.45) is 17.8 Å². The lowest BCUT2D eigenvalue weighted by atomic mass is 10.00. The molecule has 2 amide bonds. The van der Waals surface area contributed by atoms with Gasteiger partial charge < -0.3 is 5.11 Å². The Hall–Kier alpha value is -1.69. The van der Waals surface area contributed by atoms with Gasteiger partial charge in [-0.25, -0.2) is 9.69 Å². The van der Waals surface area contributed by atoms with Crippen LogP contribution in [0.25, 0.3) is 0 Å². The zero-order valence-electron chi connectivity index (χ0n) is 12.2. The number of carbonyl (C=O) groups is 3. The van der Waals surface area contributed by atoms with Gasteiger partial charge in [-0.3, -0.25) is 9.59 Å². The minimum absolute atomic E-state index is 0.0900. The number of hydrogen-bond donors (Lipinski definition) is 1. The Bertz CT molecular complexity index is 639. The summed E-state index contributed by atoms with van der Waals surface area (Å²) in [6.45, 7) is 5.57. The number of nitrogens with zero attached hydrogens (tertiary/aromatic N) is 1. The van der Waals surface area contributed by atoms with Gasteiger partial charge in [-0.1, -0.05) is 6.92 Å². The maximum atomic E-state index is 12.6. The van der Waals surface area contributed by atoms with Crippen LogP contribution in [0.3, 0.4) is 0 Å². The van der Waals surface area contributed by atoms with Gasteiger partial charge in [-0.2, -0.15) is 0 Å². The fraction of sp³-hybridized carbons (Fsp3) is 0.533. The maximum Gasteiger partial charge on any atom is 0.339 e. The fourth-order valence-electron chi connectivity index (χ4n) is 3.50. The molecular weight excluding hydrogens is 290 g/mol. The van der Waals surface area contributed by atoms with Crippen molar-refractivity contribution in [3.05, 3.63) is 16.0 Å². The molecule has 2 fully saturated rings. The number of carboxylic acid groups (broad SMARTS) is 1. The molecule has 0 aromatic carbocycles. The molecule has 3 rings (SSSR count). The molecule has 5 nitrogen and oxygen atoms in total. The van der Waals surface area contributed by atoms with Gasteiger partial charge in [0.15, 0.2) is 0 Å². The third kappa shape index (κ3) is 1.92. The smallest absolute Gasteiger partial charge is 0.339 e. The van der Waals surface area contributed by atoms with Gasteiger partial charge in [0, 0.05) is 4.88 Å². The number of carbonyl (C=O) groups excluding carboxylic acids is 2. The lowest BCUT2D eigenvalue weighted by Gasteiger charge is -2.16. The molecular formula is C15H17NO4S. The number of amides is 2. The molecule has 2 atom stereocenters. The average Bonchev–Trinajstić information content (AvgIpc) is 2.97. The van der Waals surface area contributed by atoms with Crippen molar-refractivity contribution in [1.29, 1.82) is 0 Å². The first kappa shape index (κ1) is 14.3. The summed E-state index contributed by atoms with van der Waals surface area (Å²) in [5.41, 5.74) is 0.723. The van der Waals surface area contributed by atoms with Gasteiger partial charge in [-0.15, -0.1) is 11.3 Å². The Kier molecular flexibility index (Phi) is 3.16. The van der Waals surface area contributed by atoms with Crippen molar-refractivity contribution in [3.63, 3.8) is 0 Å². The van der Waals surface area contributed by atoms with E-state index in [0.29, 0.717) is 11.5 Å². The predicted molar refractivity (Wildman–Crippen MR) is 78.6 cm³/mol. The molecule has 1 saturated carbocycles. The van der Waals surface area contributed by atoms with Gasteiger partial charge in [-0.05, 0) is 38.2 Å². The van der Waals surface area contributed by atoms with Gasteiger partial charge in [0.25, 0.3) is 0 Å². The second-order valence-electron chi connectivity index (χ2n) is 6.07. The summed E-state index contributed by atoms with van der Waals surface area (Å²) in [6, 6.07) is 0. The third-order valence-corrected chi connectivity index (χ3v) is 5.85. The van der Waals surface area contributed by atoms with E-state index in [-0.39, 0.29) is 34.2 Å². The summed E-state index contributed by atoms with van der Waals surface area (Å²) in [6.07, 6.45) is 1.44. The Morgan fingerprint density at radius 1 is 1.19 bits per heavy atom.